The summed E-state index contributed by atoms with van der Waals surface area (Å²) in [5, 5.41) is 8.28. The first-order valence-corrected chi connectivity index (χ1v) is 3.09. The van der Waals surface area contributed by atoms with E-state index in [4.69, 9.17) is 9.68 Å². The fourth-order valence-corrected chi connectivity index (χ4v) is 0.693. The second-order valence-electron chi connectivity index (χ2n) is 1.54. The van der Waals surface area contributed by atoms with E-state index in [1.807, 2.05) is 6.07 Å². The first-order chi connectivity index (χ1) is 4.36. The lowest BCUT2D eigenvalue weighted by Gasteiger charge is -1.81. The van der Waals surface area contributed by atoms with Gasteiger partial charge in [0.2, 0.25) is 5.76 Å². The highest BCUT2D eigenvalue weighted by molar-refractivity contribution is 7.79. The van der Waals surface area contributed by atoms with Crippen molar-refractivity contribution in [2.24, 2.45) is 0 Å². The van der Waals surface area contributed by atoms with Gasteiger partial charge in [0.05, 0.1) is 0 Å². The monoisotopic (exact) mass is 139 g/mol. The van der Waals surface area contributed by atoms with E-state index in [0.717, 1.165) is 5.76 Å². The molecule has 0 aliphatic carbocycles. The number of hydrogen-bond acceptors (Lipinski definition) is 3. The van der Waals surface area contributed by atoms with E-state index in [9.17, 15) is 0 Å². The number of rotatable bonds is 1. The van der Waals surface area contributed by atoms with Gasteiger partial charge < -0.3 is 4.42 Å². The van der Waals surface area contributed by atoms with Crippen LogP contribution in [0.5, 0.6) is 0 Å². The van der Waals surface area contributed by atoms with E-state index in [-0.39, 0.29) is 0 Å². The third kappa shape index (κ3) is 1.27. The van der Waals surface area contributed by atoms with Crippen LogP contribution >= 0.6 is 12.6 Å². The molecule has 46 valence electrons. The highest BCUT2D eigenvalue weighted by Gasteiger charge is 1.95. The lowest BCUT2D eigenvalue weighted by molar-refractivity contribution is 0.518. The number of hydrogen-bond donors (Lipinski definition) is 1. The normalized spacial score (nSPS) is 8.89. The summed E-state index contributed by atoms with van der Waals surface area (Å²) in [6.45, 7) is 0. The van der Waals surface area contributed by atoms with Crippen molar-refractivity contribution in [2.45, 2.75) is 5.75 Å². The smallest absolute Gasteiger partial charge is 0.203 e. The molecule has 1 heterocycles. The Bertz CT molecular complexity index is 235. The maximum absolute atomic E-state index is 8.28. The van der Waals surface area contributed by atoms with Crippen molar-refractivity contribution in [3.05, 3.63) is 23.7 Å². The highest BCUT2D eigenvalue weighted by atomic mass is 32.1. The minimum Gasteiger partial charge on any atom is -0.450 e. The van der Waals surface area contributed by atoms with Gasteiger partial charge in [0.25, 0.3) is 0 Å². The summed E-state index contributed by atoms with van der Waals surface area (Å²) in [4.78, 5) is 0. The molecule has 0 aromatic carbocycles. The molecule has 0 bridgehead atoms. The van der Waals surface area contributed by atoms with Crippen LogP contribution in [0.3, 0.4) is 0 Å². The Kier molecular flexibility index (Phi) is 1.81. The van der Waals surface area contributed by atoms with Gasteiger partial charge in [-0.2, -0.15) is 17.9 Å². The molecule has 1 aromatic rings. The second-order valence-corrected chi connectivity index (χ2v) is 1.85. The van der Waals surface area contributed by atoms with E-state index in [1.54, 1.807) is 12.1 Å². The molecule has 0 unspecified atom stereocenters. The van der Waals surface area contributed by atoms with Crippen LogP contribution in [0.4, 0.5) is 0 Å². The van der Waals surface area contributed by atoms with Gasteiger partial charge in [0.15, 0.2) is 0 Å². The lowest BCUT2D eigenvalue weighted by Crippen LogP contribution is -1.65. The van der Waals surface area contributed by atoms with Gasteiger partial charge >= 0.3 is 0 Å². The van der Waals surface area contributed by atoms with Crippen LogP contribution in [-0.2, 0) is 5.75 Å². The topological polar surface area (TPSA) is 36.9 Å². The van der Waals surface area contributed by atoms with Gasteiger partial charge in [-0.3, -0.25) is 0 Å². The Balaban J connectivity index is 2.90. The standard InChI is InChI=1S/C6H5NOS/c7-3-5-1-2-6(4-9)8-5/h1-2,9H,4H2. The zero-order valence-electron chi connectivity index (χ0n) is 4.66. The van der Waals surface area contributed by atoms with Crippen LogP contribution in [0.2, 0.25) is 0 Å². The van der Waals surface area contributed by atoms with Gasteiger partial charge in [-0.05, 0) is 12.1 Å². The SMILES string of the molecule is N#Cc1ccc(CS)o1. The number of furan rings is 1. The van der Waals surface area contributed by atoms with Crippen molar-refractivity contribution in [2.75, 3.05) is 0 Å². The Morgan fingerprint density at radius 2 is 2.44 bits per heavy atom. The molecule has 0 aliphatic rings. The average molecular weight is 139 g/mol. The van der Waals surface area contributed by atoms with Crippen LogP contribution in [0, 0.1) is 11.3 Å². The molecule has 0 saturated heterocycles. The molecule has 0 saturated carbocycles. The molecular weight excluding hydrogens is 134 g/mol. The summed E-state index contributed by atoms with van der Waals surface area (Å²) in [6.07, 6.45) is 0. The van der Waals surface area contributed by atoms with Crippen molar-refractivity contribution in [1.82, 2.24) is 0 Å². The first-order valence-electron chi connectivity index (χ1n) is 2.46. The van der Waals surface area contributed by atoms with Crippen LogP contribution in [0.25, 0.3) is 0 Å². The third-order valence-electron chi connectivity index (χ3n) is 0.928. The van der Waals surface area contributed by atoms with Crippen molar-refractivity contribution < 1.29 is 4.42 Å². The Labute approximate surface area is 58.5 Å². The number of thiol groups is 1. The molecule has 0 amide bonds. The first kappa shape index (κ1) is 6.24. The summed E-state index contributed by atoms with van der Waals surface area (Å²) in [5.74, 6) is 1.62. The van der Waals surface area contributed by atoms with E-state index >= 15 is 0 Å². The summed E-state index contributed by atoms with van der Waals surface area (Å²) in [7, 11) is 0. The second kappa shape index (κ2) is 2.60. The molecule has 0 atom stereocenters. The molecule has 0 radical (unpaired) electrons. The Morgan fingerprint density at radius 3 is 2.78 bits per heavy atom. The lowest BCUT2D eigenvalue weighted by atomic mass is 10.4. The van der Waals surface area contributed by atoms with E-state index < -0.39 is 0 Å². The van der Waals surface area contributed by atoms with Gasteiger partial charge in [-0.1, -0.05) is 0 Å². The fourth-order valence-electron chi connectivity index (χ4n) is 0.523. The van der Waals surface area contributed by atoms with E-state index in [1.165, 1.54) is 0 Å². The van der Waals surface area contributed by atoms with Gasteiger partial charge in [-0.15, -0.1) is 0 Å². The summed E-state index contributed by atoms with van der Waals surface area (Å²) in [6, 6.07) is 5.25. The predicted molar refractivity (Wildman–Crippen MR) is 36.1 cm³/mol. The van der Waals surface area contributed by atoms with E-state index in [0.29, 0.717) is 11.5 Å². The zero-order chi connectivity index (χ0) is 6.69. The molecule has 3 heteroatoms. The molecule has 0 fully saturated rings. The van der Waals surface area contributed by atoms with Gasteiger partial charge in [0.1, 0.15) is 11.8 Å². The molecular formula is C6H5NOS. The average Bonchev–Trinajstić information content (AvgIpc) is 2.34. The van der Waals surface area contributed by atoms with Crippen molar-refractivity contribution in [1.29, 1.82) is 5.26 Å². The Hall–Kier alpha value is -0.880. The third-order valence-corrected chi connectivity index (χ3v) is 1.24. The molecule has 0 N–H and O–H groups in total. The minimum atomic E-state index is 0.346. The number of nitriles is 1. The largest absolute Gasteiger partial charge is 0.450 e. The summed E-state index contributed by atoms with van der Waals surface area (Å²) < 4.78 is 4.94. The fraction of sp³-hybridized carbons (Fsp3) is 0.167. The maximum atomic E-state index is 8.28. The number of nitrogens with zero attached hydrogens (tertiary/aromatic N) is 1. The van der Waals surface area contributed by atoms with Crippen molar-refractivity contribution >= 4 is 12.6 Å². The molecule has 1 aromatic heterocycles. The molecule has 9 heavy (non-hydrogen) atoms. The van der Waals surface area contributed by atoms with Crippen LogP contribution in [0.1, 0.15) is 11.5 Å². The van der Waals surface area contributed by atoms with Crippen LogP contribution in [-0.4, -0.2) is 0 Å². The van der Waals surface area contributed by atoms with Crippen molar-refractivity contribution in [3.8, 4) is 6.07 Å². The van der Waals surface area contributed by atoms with E-state index in [2.05, 4.69) is 12.6 Å². The maximum Gasteiger partial charge on any atom is 0.203 e. The zero-order valence-corrected chi connectivity index (χ0v) is 5.56. The van der Waals surface area contributed by atoms with Gasteiger partial charge in [-0.25, -0.2) is 0 Å². The van der Waals surface area contributed by atoms with Crippen molar-refractivity contribution in [3.63, 3.8) is 0 Å². The highest BCUT2D eigenvalue weighted by Crippen LogP contribution is 2.07. The minimum absolute atomic E-state index is 0.346. The Morgan fingerprint density at radius 1 is 1.67 bits per heavy atom. The quantitative estimate of drug-likeness (QED) is 0.600. The predicted octanol–water partition coefficient (Wildman–Crippen LogP) is 1.58. The molecule has 2 nitrogen and oxygen atoms in total. The molecule has 0 spiro atoms. The molecule has 0 aliphatic heterocycles. The summed E-state index contributed by atoms with van der Waals surface area (Å²) >= 11 is 3.96. The molecule has 1 rings (SSSR count). The van der Waals surface area contributed by atoms with Gasteiger partial charge in [0, 0.05) is 5.75 Å². The van der Waals surface area contributed by atoms with Crippen LogP contribution < -0.4 is 0 Å². The summed E-state index contributed by atoms with van der Waals surface area (Å²) in [5.41, 5.74) is 0. The van der Waals surface area contributed by atoms with Crippen LogP contribution in [0.15, 0.2) is 16.5 Å².